The fourth-order valence-corrected chi connectivity index (χ4v) is 3.41. The van der Waals surface area contributed by atoms with Crippen molar-refractivity contribution in [1.29, 1.82) is 0 Å². The van der Waals surface area contributed by atoms with E-state index in [2.05, 4.69) is 27.3 Å². The fourth-order valence-electron chi connectivity index (χ4n) is 3.41. The number of carbonyl (C=O) groups excluding carboxylic acids is 1. The average Bonchev–Trinajstić information content (AvgIpc) is 2.74. The number of methoxy groups -OCH3 is 2. The molecule has 1 saturated heterocycles. The number of nitrogens with zero attached hydrogens (tertiary/aromatic N) is 3. The molecule has 2 heterocycles. The van der Waals surface area contributed by atoms with Crippen LogP contribution < -0.4 is 19.7 Å². The van der Waals surface area contributed by atoms with Gasteiger partial charge in [0.25, 0.3) is 5.91 Å². The zero-order valence-corrected chi connectivity index (χ0v) is 16.1. The van der Waals surface area contributed by atoms with Crippen molar-refractivity contribution >= 4 is 17.4 Å². The van der Waals surface area contributed by atoms with Crippen LogP contribution in [-0.4, -0.2) is 42.9 Å². The molecular formula is C20H26N4O3. The second-order valence-electron chi connectivity index (χ2n) is 6.55. The van der Waals surface area contributed by atoms with Crippen LogP contribution in [0.2, 0.25) is 0 Å². The highest BCUT2D eigenvalue weighted by molar-refractivity contribution is 6.03. The Balaban J connectivity index is 1.72. The number of hydrogen-bond donors (Lipinski definition) is 1. The van der Waals surface area contributed by atoms with E-state index in [4.69, 9.17) is 9.47 Å². The molecule has 7 nitrogen and oxygen atoms in total. The van der Waals surface area contributed by atoms with Gasteiger partial charge in [0, 0.05) is 18.7 Å². The van der Waals surface area contributed by atoms with Gasteiger partial charge in [0.2, 0.25) is 0 Å². The van der Waals surface area contributed by atoms with Crippen LogP contribution >= 0.6 is 0 Å². The lowest BCUT2D eigenvalue weighted by Crippen LogP contribution is -2.39. The van der Waals surface area contributed by atoms with E-state index < -0.39 is 0 Å². The molecule has 1 aromatic heterocycles. The third-order valence-corrected chi connectivity index (χ3v) is 4.93. The van der Waals surface area contributed by atoms with Crippen molar-refractivity contribution < 1.29 is 14.3 Å². The monoisotopic (exact) mass is 370 g/mol. The van der Waals surface area contributed by atoms with E-state index in [1.807, 2.05) is 6.07 Å². The molecule has 2 aromatic rings. The number of anilines is 2. The highest BCUT2D eigenvalue weighted by atomic mass is 16.5. The maximum Gasteiger partial charge on any atom is 0.276 e. The smallest absolute Gasteiger partial charge is 0.276 e. The largest absolute Gasteiger partial charge is 0.497 e. The van der Waals surface area contributed by atoms with Crippen LogP contribution in [0, 0.1) is 0 Å². The number of ether oxygens (including phenoxy) is 2. The van der Waals surface area contributed by atoms with Gasteiger partial charge in [-0.2, -0.15) is 0 Å². The van der Waals surface area contributed by atoms with E-state index in [-0.39, 0.29) is 11.6 Å². The number of amides is 1. The highest BCUT2D eigenvalue weighted by Crippen LogP contribution is 2.29. The summed E-state index contributed by atoms with van der Waals surface area (Å²) in [6.07, 6.45) is 4.68. The number of nitrogens with one attached hydrogen (secondary N) is 1. The van der Waals surface area contributed by atoms with Crippen molar-refractivity contribution in [3.8, 4) is 11.5 Å². The Morgan fingerprint density at radius 1 is 1.19 bits per heavy atom. The van der Waals surface area contributed by atoms with Crippen LogP contribution in [-0.2, 0) is 0 Å². The molecule has 1 N–H and O–H groups in total. The van der Waals surface area contributed by atoms with E-state index in [1.54, 1.807) is 38.5 Å². The average molecular weight is 370 g/mol. The quantitative estimate of drug-likeness (QED) is 0.838. The van der Waals surface area contributed by atoms with Crippen molar-refractivity contribution in [2.75, 3.05) is 31.0 Å². The fraction of sp³-hybridized carbons (Fsp3) is 0.450. The van der Waals surface area contributed by atoms with Gasteiger partial charge in [-0.15, -0.1) is 10.2 Å². The van der Waals surface area contributed by atoms with Crippen LogP contribution in [0.3, 0.4) is 0 Å². The van der Waals surface area contributed by atoms with Gasteiger partial charge in [0.1, 0.15) is 11.5 Å². The molecule has 1 atom stereocenters. The molecule has 1 aliphatic heterocycles. The molecule has 1 fully saturated rings. The standard InChI is InChI=1S/C20H26N4O3/c1-4-14-7-5-6-12-24(14)19-11-10-17(22-23-19)20(25)21-16-9-8-15(26-2)13-18(16)27-3/h8-11,13-14H,4-7,12H2,1-3H3,(H,21,25). The highest BCUT2D eigenvalue weighted by Gasteiger charge is 2.22. The minimum absolute atomic E-state index is 0.265. The number of rotatable bonds is 6. The summed E-state index contributed by atoms with van der Waals surface area (Å²) in [5.41, 5.74) is 0.818. The Morgan fingerprint density at radius 3 is 2.70 bits per heavy atom. The Kier molecular flexibility index (Phi) is 6.11. The molecule has 1 amide bonds. The normalized spacial score (nSPS) is 16.7. The van der Waals surface area contributed by atoms with Crippen molar-refractivity contribution in [3.63, 3.8) is 0 Å². The van der Waals surface area contributed by atoms with Gasteiger partial charge >= 0.3 is 0 Å². The van der Waals surface area contributed by atoms with E-state index in [9.17, 15) is 4.79 Å². The molecule has 0 spiro atoms. The summed E-state index contributed by atoms with van der Waals surface area (Å²) < 4.78 is 10.5. The van der Waals surface area contributed by atoms with Gasteiger partial charge in [-0.25, -0.2) is 0 Å². The molecule has 0 radical (unpaired) electrons. The van der Waals surface area contributed by atoms with Crippen molar-refractivity contribution in [3.05, 3.63) is 36.0 Å². The summed E-state index contributed by atoms with van der Waals surface area (Å²) in [6, 6.07) is 9.30. The number of benzene rings is 1. The number of piperidine rings is 1. The summed E-state index contributed by atoms with van der Waals surface area (Å²) in [5, 5.41) is 11.2. The zero-order valence-electron chi connectivity index (χ0n) is 16.1. The first kappa shape index (κ1) is 18.9. The maximum absolute atomic E-state index is 12.5. The van der Waals surface area contributed by atoms with Crippen LogP contribution in [0.4, 0.5) is 11.5 Å². The minimum atomic E-state index is -0.330. The summed E-state index contributed by atoms with van der Waals surface area (Å²) in [5.74, 6) is 1.68. The van der Waals surface area contributed by atoms with Crippen LogP contribution in [0.15, 0.2) is 30.3 Å². The molecule has 144 valence electrons. The van der Waals surface area contributed by atoms with E-state index in [0.29, 0.717) is 23.2 Å². The summed E-state index contributed by atoms with van der Waals surface area (Å²) in [4.78, 5) is 14.8. The number of hydrogen-bond acceptors (Lipinski definition) is 6. The lowest BCUT2D eigenvalue weighted by Gasteiger charge is -2.35. The first-order valence-electron chi connectivity index (χ1n) is 9.30. The topological polar surface area (TPSA) is 76.6 Å². The van der Waals surface area contributed by atoms with E-state index >= 15 is 0 Å². The Morgan fingerprint density at radius 2 is 2.04 bits per heavy atom. The predicted molar refractivity (Wildman–Crippen MR) is 105 cm³/mol. The van der Waals surface area contributed by atoms with Gasteiger partial charge in [-0.1, -0.05) is 6.92 Å². The Bertz CT molecular complexity index is 779. The van der Waals surface area contributed by atoms with E-state index in [0.717, 1.165) is 25.2 Å². The molecule has 7 heteroatoms. The van der Waals surface area contributed by atoms with Crippen LogP contribution in [0.1, 0.15) is 43.1 Å². The molecule has 1 aromatic carbocycles. The first-order valence-corrected chi connectivity index (χ1v) is 9.30. The van der Waals surface area contributed by atoms with Crippen molar-refractivity contribution in [2.24, 2.45) is 0 Å². The summed E-state index contributed by atoms with van der Waals surface area (Å²) in [6.45, 7) is 3.18. The Labute approximate surface area is 159 Å². The lowest BCUT2D eigenvalue weighted by atomic mass is 10.0. The second kappa shape index (κ2) is 8.70. The molecule has 0 aliphatic carbocycles. The SMILES string of the molecule is CCC1CCCCN1c1ccc(C(=O)Nc2ccc(OC)cc2OC)nn1. The van der Waals surface area contributed by atoms with Gasteiger partial charge in [-0.3, -0.25) is 4.79 Å². The van der Waals surface area contributed by atoms with Crippen LogP contribution in [0.25, 0.3) is 0 Å². The van der Waals surface area contributed by atoms with Crippen molar-refractivity contribution in [2.45, 2.75) is 38.6 Å². The van der Waals surface area contributed by atoms with Crippen LogP contribution in [0.5, 0.6) is 11.5 Å². The zero-order chi connectivity index (χ0) is 19.2. The minimum Gasteiger partial charge on any atom is -0.497 e. The van der Waals surface area contributed by atoms with Gasteiger partial charge < -0.3 is 19.7 Å². The summed E-state index contributed by atoms with van der Waals surface area (Å²) in [7, 11) is 3.12. The second-order valence-corrected chi connectivity index (χ2v) is 6.55. The third kappa shape index (κ3) is 4.30. The predicted octanol–water partition coefficient (Wildman–Crippen LogP) is 3.52. The molecule has 0 saturated carbocycles. The maximum atomic E-state index is 12.5. The molecule has 3 rings (SSSR count). The van der Waals surface area contributed by atoms with E-state index in [1.165, 1.54) is 12.8 Å². The third-order valence-electron chi connectivity index (χ3n) is 4.93. The molecule has 1 unspecified atom stereocenters. The van der Waals surface area contributed by atoms with Crippen molar-refractivity contribution in [1.82, 2.24) is 10.2 Å². The summed E-state index contributed by atoms with van der Waals surface area (Å²) >= 11 is 0. The van der Waals surface area contributed by atoms with Gasteiger partial charge in [0.05, 0.1) is 19.9 Å². The van der Waals surface area contributed by atoms with Gasteiger partial charge in [0.15, 0.2) is 11.5 Å². The lowest BCUT2D eigenvalue weighted by molar-refractivity contribution is 0.102. The molecular weight excluding hydrogens is 344 g/mol. The first-order chi connectivity index (χ1) is 13.2. The molecule has 0 bridgehead atoms. The number of aromatic nitrogens is 2. The molecule has 1 aliphatic rings. The Hall–Kier alpha value is -2.83. The number of carbonyl (C=O) groups is 1. The molecule has 27 heavy (non-hydrogen) atoms. The van der Waals surface area contributed by atoms with Gasteiger partial charge in [-0.05, 0) is 49.9 Å².